The lowest BCUT2D eigenvalue weighted by atomic mass is 10.0. The molecule has 0 bridgehead atoms. The monoisotopic (exact) mass is 360 g/mol. The zero-order chi connectivity index (χ0) is 18.6. The lowest BCUT2D eigenvalue weighted by Crippen LogP contribution is -2.32. The fourth-order valence-corrected chi connectivity index (χ4v) is 2.98. The summed E-state index contributed by atoms with van der Waals surface area (Å²) in [6.07, 6.45) is -1.26. The second-order valence-corrected chi connectivity index (χ2v) is 6.08. The van der Waals surface area contributed by atoms with Crippen molar-refractivity contribution in [2.24, 2.45) is 5.92 Å². The number of carboxylic acid groups (broad SMARTS) is 1. The van der Waals surface area contributed by atoms with Gasteiger partial charge in [0.25, 0.3) is 0 Å². The van der Waals surface area contributed by atoms with Crippen molar-refractivity contribution in [3.05, 3.63) is 30.1 Å². The van der Waals surface area contributed by atoms with E-state index in [1.165, 1.54) is 0 Å². The maximum Gasteiger partial charge on any atom is 0.490 e. The standard InChI is InChI=1S/C14H18N2O2.C2HF3O2/c1-10-6-11-8-16(9-13(11)18-10)14(17)7-12-4-2-3-5-15-12;3-2(4,5)1(6)7/h2-5,10-11,13H,6-9H2,1H3;(H,6,7)/t10-,11+,13-;/m1./s1. The van der Waals surface area contributed by atoms with E-state index in [1.54, 1.807) is 6.20 Å². The first-order valence-electron chi connectivity index (χ1n) is 7.80. The Labute approximate surface area is 142 Å². The van der Waals surface area contributed by atoms with Crippen LogP contribution in [0.15, 0.2) is 24.4 Å². The van der Waals surface area contributed by atoms with E-state index in [-0.39, 0.29) is 12.0 Å². The molecule has 3 atom stereocenters. The zero-order valence-electron chi connectivity index (χ0n) is 13.6. The highest BCUT2D eigenvalue weighted by Gasteiger charge is 2.41. The minimum atomic E-state index is -5.08. The normalized spacial score (nSPS) is 25.1. The van der Waals surface area contributed by atoms with E-state index >= 15 is 0 Å². The van der Waals surface area contributed by atoms with Gasteiger partial charge >= 0.3 is 12.1 Å². The van der Waals surface area contributed by atoms with Gasteiger partial charge in [0.1, 0.15) is 0 Å². The van der Waals surface area contributed by atoms with Crippen molar-refractivity contribution in [1.29, 1.82) is 0 Å². The molecule has 2 aliphatic rings. The third kappa shape index (κ3) is 5.42. The molecule has 1 aromatic heterocycles. The van der Waals surface area contributed by atoms with E-state index in [4.69, 9.17) is 14.6 Å². The van der Waals surface area contributed by atoms with Gasteiger partial charge < -0.3 is 14.7 Å². The Hall–Kier alpha value is -2.16. The molecular weight excluding hydrogens is 341 g/mol. The van der Waals surface area contributed by atoms with Crippen molar-refractivity contribution in [1.82, 2.24) is 9.88 Å². The van der Waals surface area contributed by atoms with E-state index in [0.717, 1.165) is 25.2 Å². The van der Waals surface area contributed by atoms with Crippen LogP contribution in [0.4, 0.5) is 13.2 Å². The molecular formula is C16H19F3N2O4. The molecule has 3 rings (SSSR count). The van der Waals surface area contributed by atoms with Gasteiger partial charge in [0.2, 0.25) is 5.91 Å². The van der Waals surface area contributed by atoms with E-state index in [2.05, 4.69) is 11.9 Å². The number of fused-ring (bicyclic) bond motifs is 1. The number of aromatic nitrogens is 1. The summed E-state index contributed by atoms with van der Waals surface area (Å²) in [5.41, 5.74) is 0.842. The largest absolute Gasteiger partial charge is 0.490 e. The molecule has 3 heterocycles. The predicted molar refractivity (Wildman–Crippen MR) is 80.7 cm³/mol. The van der Waals surface area contributed by atoms with Crippen molar-refractivity contribution in [3.8, 4) is 0 Å². The average Bonchev–Trinajstić information content (AvgIpc) is 3.05. The van der Waals surface area contributed by atoms with Gasteiger partial charge in [0.15, 0.2) is 0 Å². The second-order valence-electron chi connectivity index (χ2n) is 6.08. The van der Waals surface area contributed by atoms with Crippen LogP contribution in [0.2, 0.25) is 0 Å². The van der Waals surface area contributed by atoms with Crippen LogP contribution in [0.25, 0.3) is 0 Å². The molecule has 25 heavy (non-hydrogen) atoms. The molecule has 138 valence electrons. The van der Waals surface area contributed by atoms with Gasteiger partial charge in [-0.25, -0.2) is 4.79 Å². The molecule has 2 aliphatic heterocycles. The summed E-state index contributed by atoms with van der Waals surface area (Å²) in [6, 6.07) is 5.68. The van der Waals surface area contributed by atoms with E-state index < -0.39 is 12.1 Å². The number of aliphatic carboxylic acids is 1. The highest BCUT2D eigenvalue weighted by atomic mass is 19.4. The number of carbonyl (C=O) groups is 2. The maximum absolute atomic E-state index is 12.2. The summed E-state index contributed by atoms with van der Waals surface area (Å²) < 4.78 is 37.5. The van der Waals surface area contributed by atoms with Crippen molar-refractivity contribution >= 4 is 11.9 Å². The molecule has 0 spiro atoms. The Morgan fingerprint density at radius 2 is 2.04 bits per heavy atom. The van der Waals surface area contributed by atoms with Crippen LogP contribution in [-0.4, -0.2) is 58.3 Å². The highest BCUT2D eigenvalue weighted by Crippen LogP contribution is 2.32. The van der Waals surface area contributed by atoms with Crippen LogP contribution in [0.5, 0.6) is 0 Å². The number of hydrogen-bond donors (Lipinski definition) is 1. The molecule has 1 N–H and O–H groups in total. The van der Waals surface area contributed by atoms with Crippen LogP contribution >= 0.6 is 0 Å². The Balaban J connectivity index is 0.000000277. The SMILES string of the molecule is C[C@@H]1C[C@H]2CN(C(=O)Cc3ccccn3)C[C@H]2O1.O=C(O)C(F)(F)F. The Morgan fingerprint density at radius 1 is 1.36 bits per heavy atom. The highest BCUT2D eigenvalue weighted by molar-refractivity contribution is 5.78. The van der Waals surface area contributed by atoms with Crippen LogP contribution in [-0.2, 0) is 20.7 Å². The smallest absolute Gasteiger partial charge is 0.475 e. The van der Waals surface area contributed by atoms with Crippen LogP contribution in [0.3, 0.4) is 0 Å². The number of ether oxygens (including phenoxy) is 1. The van der Waals surface area contributed by atoms with Crippen molar-refractivity contribution in [3.63, 3.8) is 0 Å². The Kier molecular flexibility index (Phi) is 5.99. The summed E-state index contributed by atoms with van der Waals surface area (Å²) in [5.74, 6) is -2.06. The average molecular weight is 360 g/mol. The molecule has 1 amide bonds. The Morgan fingerprint density at radius 3 is 2.56 bits per heavy atom. The quantitative estimate of drug-likeness (QED) is 0.871. The molecule has 0 aromatic carbocycles. The zero-order valence-corrected chi connectivity index (χ0v) is 13.6. The number of amides is 1. The third-order valence-electron chi connectivity index (χ3n) is 4.08. The number of rotatable bonds is 2. The molecule has 0 radical (unpaired) electrons. The van der Waals surface area contributed by atoms with Gasteiger partial charge in [0.05, 0.1) is 18.6 Å². The number of carboxylic acids is 1. The second kappa shape index (κ2) is 7.81. The van der Waals surface area contributed by atoms with Gasteiger partial charge in [-0.15, -0.1) is 0 Å². The van der Waals surface area contributed by atoms with E-state index in [0.29, 0.717) is 18.4 Å². The first-order valence-corrected chi connectivity index (χ1v) is 7.80. The van der Waals surface area contributed by atoms with Gasteiger partial charge in [-0.05, 0) is 25.5 Å². The van der Waals surface area contributed by atoms with Crippen molar-refractivity contribution < 1.29 is 32.6 Å². The first kappa shape index (κ1) is 19.2. The minimum absolute atomic E-state index is 0.166. The number of alkyl halides is 3. The number of hydrogen-bond acceptors (Lipinski definition) is 4. The van der Waals surface area contributed by atoms with Crippen LogP contribution < -0.4 is 0 Å². The first-order chi connectivity index (χ1) is 11.7. The molecule has 0 aliphatic carbocycles. The summed E-state index contributed by atoms with van der Waals surface area (Å²) in [5, 5.41) is 7.12. The van der Waals surface area contributed by atoms with Gasteiger partial charge in [-0.3, -0.25) is 9.78 Å². The number of nitrogens with zero attached hydrogens (tertiary/aromatic N) is 2. The lowest BCUT2D eigenvalue weighted by Gasteiger charge is -2.18. The molecule has 2 fully saturated rings. The molecule has 6 nitrogen and oxygen atoms in total. The molecule has 2 saturated heterocycles. The van der Waals surface area contributed by atoms with Crippen molar-refractivity contribution in [2.75, 3.05) is 13.1 Å². The fraction of sp³-hybridized carbons (Fsp3) is 0.562. The summed E-state index contributed by atoms with van der Waals surface area (Å²) in [4.78, 5) is 27.2. The molecule has 1 aromatic rings. The summed E-state index contributed by atoms with van der Waals surface area (Å²) in [7, 11) is 0. The van der Waals surface area contributed by atoms with Crippen molar-refractivity contribution in [2.45, 2.75) is 38.1 Å². The van der Waals surface area contributed by atoms with E-state index in [1.807, 2.05) is 23.1 Å². The maximum atomic E-state index is 12.2. The summed E-state index contributed by atoms with van der Waals surface area (Å²) in [6.45, 7) is 3.71. The summed E-state index contributed by atoms with van der Waals surface area (Å²) >= 11 is 0. The molecule has 0 unspecified atom stereocenters. The fourth-order valence-electron chi connectivity index (χ4n) is 2.98. The number of pyridine rings is 1. The van der Waals surface area contributed by atoms with Gasteiger partial charge in [-0.1, -0.05) is 6.07 Å². The number of halogens is 3. The lowest BCUT2D eigenvalue weighted by molar-refractivity contribution is -0.192. The topological polar surface area (TPSA) is 79.7 Å². The van der Waals surface area contributed by atoms with E-state index in [9.17, 15) is 18.0 Å². The molecule has 0 saturated carbocycles. The Bertz CT molecular complexity index is 595. The predicted octanol–water partition coefficient (Wildman–Crippen LogP) is 1.89. The minimum Gasteiger partial charge on any atom is -0.475 e. The van der Waals surface area contributed by atoms with Crippen LogP contribution in [0, 0.1) is 5.92 Å². The van der Waals surface area contributed by atoms with Gasteiger partial charge in [0, 0.05) is 30.9 Å². The number of carbonyl (C=O) groups excluding carboxylic acids is 1. The molecule has 9 heteroatoms. The van der Waals surface area contributed by atoms with Crippen LogP contribution in [0.1, 0.15) is 19.0 Å². The van der Waals surface area contributed by atoms with Gasteiger partial charge in [-0.2, -0.15) is 13.2 Å². The third-order valence-corrected chi connectivity index (χ3v) is 4.08. The number of likely N-dealkylation sites (tertiary alicyclic amines) is 1.